The number of hydrogen-bond donors (Lipinski definition) is 1. The smallest absolute Gasteiger partial charge is 0.154 e. The van der Waals surface area contributed by atoms with Crippen molar-refractivity contribution < 1.29 is 0 Å². The number of nitrogens with one attached hydrogen (secondary N) is 1. The molecule has 0 spiro atoms. The fourth-order valence-electron chi connectivity index (χ4n) is 1.61. The lowest BCUT2D eigenvalue weighted by Crippen LogP contribution is -2.14. The quantitative estimate of drug-likeness (QED) is 0.747. The van der Waals surface area contributed by atoms with E-state index in [1.807, 2.05) is 6.92 Å². The fraction of sp³-hybridized carbons (Fsp3) is 0.357. The molecule has 0 saturated heterocycles. The Balaban J connectivity index is 2.01. The third kappa shape index (κ3) is 4.60. The van der Waals surface area contributed by atoms with E-state index in [9.17, 15) is 0 Å². The lowest BCUT2D eigenvalue weighted by Gasteiger charge is -2.07. The Morgan fingerprint density at radius 2 is 2.26 bits per heavy atom. The van der Waals surface area contributed by atoms with Crippen LogP contribution in [-0.2, 0) is 6.54 Å². The Bertz CT molecular complexity index is 540. The normalized spacial score (nSPS) is 10.9. The number of halogens is 1. The molecule has 1 aromatic heterocycles. The monoisotopic (exact) mass is 356 g/mol. The Labute approximate surface area is 131 Å². The maximum absolute atomic E-state index is 4.47. The highest BCUT2D eigenvalue weighted by atomic mass is 79.9. The summed E-state index contributed by atoms with van der Waals surface area (Å²) in [5.41, 5.74) is 2.39. The zero-order chi connectivity index (χ0) is 13.7. The number of hydrogen-bond acceptors (Lipinski definition) is 4. The highest BCUT2D eigenvalue weighted by molar-refractivity contribution is 9.10. The molecule has 0 saturated carbocycles. The van der Waals surface area contributed by atoms with Crippen LogP contribution in [0.1, 0.15) is 24.6 Å². The van der Waals surface area contributed by atoms with E-state index in [2.05, 4.69) is 56.7 Å². The summed E-state index contributed by atoms with van der Waals surface area (Å²) >= 11 is 7.06. The third-order valence-electron chi connectivity index (χ3n) is 2.57. The lowest BCUT2D eigenvalue weighted by molar-refractivity contribution is 0.673. The van der Waals surface area contributed by atoms with Crippen LogP contribution in [0.25, 0.3) is 0 Å². The minimum atomic E-state index is 0.912. The van der Waals surface area contributed by atoms with Crippen LogP contribution in [-0.4, -0.2) is 11.5 Å². The first kappa shape index (κ1) is 15.0. The van der Waals surface area contributed by atoms with Gasteiger partial charge in [-0.2, -0.15) is 0 Å². The summed E-state index contributed by atoms with van der Waals surface area (Å²) in [6.07, 6.45) is 1.16. The first-order valence-electron chi connectivity index (χ1n) is 6.28. The summed E-state index contributed by atoms with van der Waals surface area (Å²) in [6, 6.07) is 6.51. The SMILES string of the molecule is CCCNCc1ccc(Sc2nc(C)cs2)cc1Br. The standard InChI is InChI=1S/C14H17BrN2S2/c1-3-6-16-8-11-4-5-12(7-13(11)15)19-14-17-10(2)9-18-14/h4-5,7,9,16H,3,6,8H2,1-2H3. The van der Waals surface area contributed by atoms with Crippen LogP contribution in [0.4, 0.5) is 0 Å². The first-order chi connectivity index (χ1) is 9.19. The molecule has 0 unspecified atom stereocenters. The molecule has 1 aromatic carbocycles. The van der Waals surface area contributed by atoms with Crippen molar-refractivity contribution in [2.24, 2.45) is 0 Å². The van der Waals surface area contributed by atoms with Crippen molar-refractivity contribution in [2.45, 2.75) is 36.0 Å². The second-order valence-electron chi connectivity index (χ2n) is 4.29. The van der Waals surface area contributed by atoms with Gasteiger partial charge >= 0.3 is 0 Å². The molecule has 0 aliphatic heterocycles. The molecule has 0 amide bonds. The van der Waals surface area contributed by atoms with Crippen molar-refractivity contribution >= 4 is 39.0 Å². The van der Waals surface area contributed by atoms with Gasteiger partial charge in [-0.25, -0.2) is 4.98 Å². The summed E-state index contributed by atoms with van der Waals surface area (Å²) in [4.78, 5) is 5.70. The van der Waals surface area contributed by atoms with Gasteiger partial charge in [-0.15, -0.1) is 11.3 Å². The zero-order valence-corrected chi connectivity index (χ0v) is 14.3. The number of thiazole rings is 1. The molecule has 2 rings (SSSR count). The molecular formula is C14H17BrN2S2. The van der Waals surface area contributed by atoms with Crippen molar-refractivity contribution in [1.82, 2.24) is 10.3 Å². The minimum absolute atomic E-state index is 0.912. The summed E-state index contributed by atoms with van der Waals surface area (Å²) in [5.74, 6) is 0. The van der Waals surface area contributed by atoms with E-state index in [0.717, 1.165) is 34.0 Å². The molecule has 2 nitrogen and oxygen atoms in total. The average molecular weight is 357 g/mol. The van der Waals surface area contributed by atoms with Crippen molar-refractivity contribution in [1.29, 1.82) is 0 Å². The van der Waals surface area contributed by atoms with Gasteiger partial charge in [0, 0.05) is 27.0 Å². The van der Waals surface area contributed by atoms with Gasteiger partial charge in [-0.3, -0.25) is 0 Å². The van der Waals surface area contributed by atoms with Crippen LogP contribution in [0.5, 0.6) is 0 Å². The summed E-state index contributed by atoms with van der Waals surface area (Å²) in [6.45, 7) is 6.17. The fourth-order valence-corrected chi connectivity index (χ4v) is 4.14. The van der Waals surface area contributed by atoms with E-state index in [1.165, 1.54) is 10.5 Å². The summed E-state index contributed by atoms with van der Waals surface area (Å²) < 4.78 is 2.26. The molecule has 0 radical (unpaired) electrons. The molecule has 102 valence electrons. The van der Waals surface area contributed by atoms with Gasteiger partial charge in [-0.05, 0) is 37.6 Å². The number of aromatic nitrogens is 1. The molecule has 1 heterocycles. The van der Waals surface area contributed by atoms with Crippen LogP contribution in [0, 0.1) is 6.92 Å². The second-order valence-corrected chi connectivity index (χ2v) is 7.32. The lowest BCUT2D eigenvalue weighted by atomic mass is 10.2. The number of rotatable bonds is 6. The Morgan fingerprint density at radius 1 is 1.42 bits per heavy atom. The van der Waals surface area contributed by atoms with Gasteiger partial charge in [0.1, 0.15) is 0 Å². The Morgan fingerprint density at radius 3 is 2.89 bits per heavy atom. The van der Waals surface area contributed by atoms with Crippen molar-refractivity contribution in [3.63, 3.8) is 0 Å². The van der Waals surface area contributed by atoms with Gasteiger partial charge in [0.2, 0.25) is 0 Å². The van der Waals surface area contributed by atoms with Gasteiger partial charge in [0.15, 0.2) is 4.34 Å². The Hall–Kier alpha value is -0.360. The molecule has 0 aliphatic rings. The maximum atomic E-state index is 4.47. The number of benzene rings is 1. The number of nitrogens with zero attached hydrogens (tertiary/aromatic N) is 1. The molecular weight excluding hydrogens is 340 g/mol. The van der Waals surface area contributed by atoms with Gasteiger partial charge in [-0.1, -0.05) is 40.7 Å². The van der Waals surface area contributed by atoms with Crippen LogP contribution in [0.3, 0.4) is 0 Å². The van der Waals surface area contributed by atoms with E-state index in [-0.39, 0.29) is 0 Å². The summed E-state index contributed by atoms with van der Waals surface area (Å²) in [7, 11) is 0. The van der Waals surface area contributed by atoms with E-state index >= 15 is 0 Å². The van der Waals surface area contributed by atoms with E-state index in [0.29, 0.717) is 0 Å². The van der Waals surface area contributed by atoms with Crippen molar-refractivity contribution in [3.05, 3.63) is 39.3 Å². The van der Waals surface area contributed by atoms with Crippen molar-refractivity contribution in [2.75, 3.05) is 6.54 Å². The maximum Gasteiger partial charge on any atom is 0.154 e. The molecule has 1 N–H and O–H groups in total. The molecule has 0 aliphatic carbocycles. The molecule has 0 bridgehead atoms. The summed E-state index contributed by atoms with van der Waals surface area (Å²) in [5, 5.41) is 5.50. The predicted molar refractivity (Wildman–Crippen MR) is 87.1 cm³/mol. The minimum Gasteiger partial charge on any atom is -0.313 e. The highest BCUT2D eigenvalue weighted by Gasteiger charge is 2.05. The second kappa shape index (κ2) is 7.43. The van der Waals surface area contributed by atoms with Gasteiger partial charge < -0.3 is 5.32 Å². The highest BCUT2D eigenvalue weighted by Crippen LogP contribution is 2.32. The Kier molecular flexibility index (Phi) is 5.88. The van der Waals surface area contributed by atoms with Crippen LogP contribution >= 0.6 is 39.0 Å². The van der Waals surface area contributed by atoms with E-state index < -0.39 is 0 Å². The zero-order valence-electron chi connectivity index (χ0n) is 11.1. The largest absolute Gasteiger partial charge is 0.313 e. The average Bonchev–Trinajstić information content (AvgIpc) is 2.78. The van der Waals surface area contributed by atoms with Crippen molar-refractivity contribution in [3.8, 4) is 0 Å². The molecule has 5 heteroatoms. The predicted octanol–water partition coefficient (Wildman–Crippen LogP) is 4.86. The van der Waals surface area contributed by atoms with Gasteiger partial charge in [0.25, 0.3) is 0 Å². The van der Waals surface area contributed by atoms with E-state index in [1.54, 1.807) is 23.1 Å². The van der Waals surface area contributed by atoms with Crippen LogP contribution < -0.4 is 5.32 Å². The van der Waals surface area contributed by atoms with Gasteiger partial charge in [0.05, 0.1) is 0 Å². The van der Waals surface area contributed by atoms with Crippen LogP contribution in [0.2, 0.25) is 0 Å². The van der Waals surface area contributed by atoms with E-state index in [4.69, 9.17) is 0 Å². The molecule has 2 aromatic rings. The molecule has 0 atom stereocenters. The van der Waals surface area contributed by atoms with Crippen LogP contribution in [0.15, 0.2) is 37.3 Å². The molecule has 0 fully saturated rings. The first-order valence-corrected chi connectivity index (χ1v) is 8.77. The molecule has 19 heavy (non-hydrogen) atoms. The topological polar surface area (TPSA) is 24.9 Å². The third-order valence-corrected chi connectivity index (χ3v) is 5.35. The number of aryl methyl sites for hydroxylation is 1.